The SMILES string of the molecule is COc1ccc(Cl)cc1NC(=O)[C@@H](NC(=O)OCc1ccccc1)C(C)C. The summed E-state index contributed by atoms with van der Waals surface area (Å²) >= 11 is 5.99. The largest absolute Gasteiger partial charge is 0.495 e. The lowest BCUT2D eigenvalue weighted by molar-refractivity contribution is -0.119. The Bertz CT molecular complexity index is 781. The van der Waals surface area contributed by atoms with Crippen LogP contribution in [0.15, 0.2) is 48.5 Å². The number of anilines is 1. The topological polar surface area (TPSA) is 76.7 Å². The van der Waals surface area contributed by atoms with Crippen LogP contribution in [-0.4, -0.2) is 25.2 Å². The average molecular weight is 391 g/mol. The van der Waals surface area contributed by atoms with E-state index in [0.717, 1.165) is 5.56 Å². The molecule has 0 fully saturated rings. The zero-order chi connectivity index (χ0) is 19.8. The van der Waals surface area contributed by atoms with Gasteiger partial charge in [0.15, 0.2) is 0 Å². The number of ether oxygens (including phenoxy) is 2. The highest BCUT2D eigenvalue weighted by molar-refractivity contribution is 6.31. The smallest absolute Gasteiger partial charge is 0.408 e. The third-order valence-corrected chi connectivity index (χ3v) is 4.09. The average Bonchev–Trinajstić information content (AvgIpc) is 2.65. The van der Waals surface area contributed by atoms with Crippen LogP contribution in [0.5, 0.6) is 5.75 Å². The Labute approximate surface area is 163 Å². The fourth-order valence-corrected chi connectivity index (χ4v) is 2.59. The summed E-state index contributed by atoms with van der Waals surface area (Å²) in [6.45, 7) is 3.79. The highest BCUT2D eigenvalue weighted by Crippen LogP contribution is 2.28. The Balaban J connectivity index is 2.00. The lowest BCUT2D eigenvalue weighted by Crippen LogP contribution is -2.47. The number of rotatable bonds is 7. The molecule has 7 heteroatoms. The van der Waals surface area contributed by atoms with Crippen LogP contribution in [0, 0.1) is 5.92 Å². The highest BCUT2D eigenvalue weighted by Gasteiger charge is 2.25. The Morgan fingerprint density at radius 2 is 1.81 bits per heavy atom. The number of carbonyl (C=O) groups excluding carboxylic acids is 2. The molecule has 144 valence electrons. The van der Waals surface area contributed by atoms with E-state index < -0.39 is 12.1 Å². The molecule has 0 aliphatic heterocycles. The summed E-state index contributed by atoms with van der Waals surface area (Å²) < 4.78 is 10.4. The van der Waals surface area contributed by atoms with Crippen LogP contribution in [0.4, 0.5) is 10.5 Å². The second kappa shape index (κ2) is 9.83. The van der Waals surface area contributed by atoms with Crippen LogP contribution in [0.2, 0.25) is 5.02 Å². The van der Waals surface area contributed by atoms with Gasteiger partial charge in [0.2, 0.25) is 5.91 Å². The van der Waals surface area contributed by atoms with E-state index in [4.69, 9.17) is 21.1 Å². The highest BCUT2D eigenvalue weighted by atomic mass is 35.5. The monoisotopic (exact) mass is 390 g/mol. The molecule has 0 aromatic heterocycles. The normalized spacial score (nSPS) is 11.6. The van der Waals surface area contributed by atoms with Crippen LogP contribution in [0.25, 0.3) is 0 Å². The van der Waals surface area contributed by atoms with Crippen molar-refractivity contribution >= 4 is 29.3 Å². The van der Waals surface area contributed by atoms with Gasteiger partial charge in [0.25, 0.3) is 0 Å². The Morgan fingerprint density at radius 1 is 1.11 bits per heavy atom. The summed E-state index contributed by atoms with van der Waals surface area (Å²) in [5.74, 6) is -0.0661. The Morgan fingerprint density at radius 3 is 2.44 bits per heavy atom. The number of hydrogen-bond acceptors (Lipinski definition) is 4. The number of methoxy groups -OCH3 is 1. The maximum atomic E-state index is 12.7. The van der Waals surface area contributed by atoms with Crippen LogP contribution in [0.3, 0.4) is 0 Å². The van der Waals surface area contributed by atoms with Crippen LogP contribution < -0.4 is 15.4 Å². The first-order valence-electron chi connectivity index (χ1n) is 8.52. The molecular weight excluding hydrogens is 368 g/mol. The van der Waals surface area contributed by atoms with Crippen LogP contribution in [0.1, 0.15) is 19.4 Å². The van der Waals surface area contributed by atoms with E-state index in [1.165, 1.54) is 7.11 Å². The van der Waals surface area contributed by atoms with Gasteiger partial charge >= 0.3 is 6.09 Å². The first-order chi connectivity index (χ1) is 12.9. The summed E-state index contributed by atoms with van der Waals surface area (Å²) in [7, 11) is 1.50. The van der Waals surface area contributed by atoms with E-state index in [2.05, 4.69) is 10.6 Å². The number of hydrogen-bond donors (Lipinski definition) is 2. The van der Waals surface area contributed by atoms with Gasteiger partial charge in [-0.2, -0.15) is 0 Å². The lowest BCUT2D eigenvalue weighted by atomic mass is 10.0. The van der Waals surface area contributed by atoms with Crippen molar-refractivity contribution in [1.29, 1.82) is 0 Å². The molecule has 0 aliphatic rings. The molecule has 6 nitrogen and oxygen atoms in total. The van der Waals surface area contributed by atoms with Crippen molar-refractivity contribution in [3.63, 3.8) is 0 Å². The van der Waals surface area contributed by atoms with Crippen molar-refractivity contribution in [3.05, 3.63) is 59.1 Å². The quantitative estimate of drug-likeness (QED) is 0.741. The standard InChI is InChI=1S/C20H23ClN2O4/c1-13(2)18(23-20(25)27-12-14-7-5-4-6-8-14)19(24)22-16-11-15(21)9-10-17(16)26-3/h4-11,13,18H,12H2,1-3H3,(H,22,24)(H,23,25)/t18-/m0/s1. The molecule has 0 bridgehead atoms. The maximum Gasteiger partial charge on any atom is 0.408 e. The van der Waals surface area contributed by atoms with Gasteiger partial charge in [0.1, 0.15) is 18.4 Å². The summed E-state index contributed by atoms with van der Waals surface area (Å²) in [4.78, 5) is 24.8. The zero-order valence-corrected chi connectivity index (χ0v) is 16.2. The first kappa shape index (κ1) is 20.6. The fourth-order valence-electron chi connectivity index (χ4n) is 2.42. The first-order valence-corrected chi connectivity index (χ1v) is 8.90. The van der Waals surface area contributed by atoms with Crippen LogP contribution in [-0.2, 0) is 16.1 Å². The van der Waals surface area contributed by atoms with E-state index in [-0.39, 0.29) is 18.4 Å². The summed E-state index contributed by atoms with van der Waals surface area (Å²) in [6, 6.07) is 13.4. The second-order valence-corrected chi connectivity index (χ2v) is 6.70. The third kappa shape index (κ3) is 6.18. The molecule has 0 saturated carbocycles. The van der Waals surface area contributed by atoms with Gasteiger partial charge in [-0.1, -0.05) is 55.8 Å². The van der Waals surface area contributed by atoms with Crippen LogP contribution >= 0.6 is 11.6 Å². The number of halogens is 1. The molecule has 0 spiro atoms. The number of benzene rings is 2. The van der Waals surface area contributed by atoms with Gasteiger partial charge in [-0.15, -0.1) is 0 Å². The molecule has 2 aromatic rings. The number of nitrogens with one attached hydrogen (secondary N) is 2. The van der Waals surface area contributed by atoms with Gasteiger partial charge in [0, 0.05) is 5.02 Å². The van der Waals surface area contributed by atoms with Gasteiger partial charge < -0.3 is 20.1 Å². The molecule has 2 N–H and O–H groups in total. The molecule has 2 aromatic carbocycles. The molecule has 2 amide bonds. The molecule has 0 unspecified atom stereocenters. The molecule has 0 radical (unpaired) electrons. The molecule has 0 saturated heterocycles. The molecule has 27 heavy (non-hydrogen) atoms. The fraction of sp³-hybridized carbons (Fsp3) is 0.300. The van der Waals surface area contributed by atoms with E-state index in [1.54, 1.807) is 18.2 Å². The summed E-state index contributed by atoms with van der Waals surface area (Å²) in [5.41, 5.74) is 1.29. The van der Waals surface area contributed by atoms with E-state index in [1.807, 2.05) is 44.2 Å². The van der Waals surface area contributed by atoms with E-state index in [9.17, 15) is 9.59 Å². The maximum absolute atomic E-state index is 12.7. The van der Waals surface area contributed by atoms with E-state index in [0.29, 0.717) is 16.5 Å². The minimum Gasteiger partial charge on any atom is -0.495 e. The summed E-state index contributed by atoms with van der Waals surface area (Å²) in [6.07, 6.45) is -0.661. The minimum atomic E-state index is -0.781. The van der Waals surface area contributed by atoms with Crippen molar-refractivity contribution in [1.82, 2.24) is 5.32 Å². The van der Waals surface area contributed by atoms with Gasteiger partial charge in [-0.3, -0.25) is 4.79 Å². The van der Waals surface area contributed by atoms with Crippen molar-refractivity contribution in [3.8, 4) is 5.75 Å². The number of carbonyl (C=O) groups is 2. The Hall–Kier alpha value is -2.73. The molecule has 0 heterocycles. The van der Waals surface area contributed by atoms with Crippen molar-refractivity contribution < 1.29 is 19.1 Å². The molecule has 2 rings (SSSR count). The minimum absolute atomic E-state index is 0.126. The van der Waals surface area contributed by atoms with Gasteiger partial charge in [-0.05, 0) is 29.7 Å². The third-order valence-electron chi connectivity index (χ3n) is 3.85. The van der Waals surface area contributed by atoms with Crippen molar-refractivity contribution in [2.45, 2.75) is 26.5 Å². The van der Waals surface area contributed by atoms with Crippen molar-refractivity contribution in [2.75, 3.05) is 12.4 Å². The lowest BCUT2D eigenvalue weighted by Gasteiger charge is -2.22. The zero-order valence-electron chi connectivity index (χ0n) is 15.5. The Kier molecular flexibility index (Phi) is 7.49. The van der Waals surface area contributed by atoms with E-state index >= 15 is 0 Å². The molecular formula is C20H23ClN2O4. The number of amides is 2. The molecule has 0 aliphatic carbocycles. The van der Waals surface area contributed by atoms with Crippen molar-refractivity contribution in [2.24, 2.45) is 5.92 Å². The predicted molar refractivity (Wildman–Crippen MR) is 105 cm³/mol. The van der Waals surface area contributed by atoms with Gasteiger partial charge in [-0.25, -0.2) is 4.79 Å². The molecule has 1 atom stereocenters. The summed E-state index contributed by atoms with van der Waals surface area (Å²) in [5, 5.41) is 5.82. The second-order valence-electron chi connectivity index (χ2n) is 6.26. The predicted octanol–water partition coefficient (Wildman–Crippen LogP) is 4.24. The van der Waals surface area contributed by atoms with Gasteiger partial charge in [0.05, 0.1) is 12.8 Å². The number of alkyl carbamates (subject to hydrolysis) is 1.